The molecule has 0 aliphatic rings. The van der Waals surface area contributed by atoms with Gasteiger partial charge in [0.1, 0.15) is 0 Å². The van der Waals surface area contributed by atoms with Crippen molar-refractivity contribution in [2.24, 2.45) is 0 Å². The van der Waals surface area contributed by atoms with Crippen LogP contribution in [0.3, 0.4) is 0 Å². The molecule has 1 aromatic carbocycles. The van der Waals surface area contributed by atoms with Crippen LogP contribution in [-0.4, -0.2) is 27.3 Å². The Labute approximate surface area is 93.4 Å². The number of hydrogen-bond acceptors (Lipinski definition) is 3. The molecule has 0 fully saturated rings. The van der Waals surface area contributed by atoms with Crippen LogP contribution in [0.15, 0.2) is 23.1 Å². The van der Waals surface area contributed by atoms with Crippen LogP contribution in [0.1, 0.15) is 6.92 Å². The van der Waals surface area contributed by atoms with Gasteiger partial charge < -0.3 is 5.32 Å². The van der Waals surface area contributed by atoms with Crippen molar-refractivity contribution in [3.05, 3.63) is 29.8 Å². The van der Waals surface area contributed by atoms with Crippen LogP contribution in [-0.2, 0) is 9.84 Å². The van der Waals surface area contributed by atoms with Gasteiger partial charge in [0.25, 0.3) is 0 Å². The maximum Gasteiger partial charge on any atom is 0.179 e. The lowest BCUT2D eigenvalue weighted by molar-refractivity contribution is 0.504. The Kier molecular flexibility index (Phi) is 3.98. The zero-order valence-electron chi connectivity index (χ0n) is 9.00. The smallest absolute Gasteiger partial charge is 0.179 e. The van der Waals surface area contributed by atoms with Gasteiger partial charge in [-0.15, -0.1) is 0 Å². The average molecular weight is 249 g/mol. The molecular weight excluding hydrogens is 236 g/mol. The van der Waals surface area contributed by atoms with Gasteiger partial charge in [-0.05, 0) is 32.2 Å². The molecular formula is C10H13F2NO2S. The molecule has 0 spiro atoms. The predicted octanol–water partition coefficient (Wildman–Crippen LogP) is 1.35. The fourth-order valence-electron chi connectivity index (χ4n) is 1.18. The molecule has 0 amide bonds. The van der Waals surface area contributed by atoms with Gasteiger partial charge >= 0.3 is 0 Å². The molecule has 1 aromatic rings. The van der Waals surface area contributed by atoms with Gasteiger partial charge in [-0.25, -0.2) is 17.2 Å². The highest BCUT2D eigenvalue weighted by Crippen LogP contribution is 2.15. The predicted molar refractivity (Wildman–Crippen MR) is 56.9 cm³/mol. The summed E-state index contributed by atoms with van der Waals surface area (Å²) < 4.78 is 49.0. The van der Waals surface area contributed by atoms with Crippen molar-refractivity contribution in [1.29, 1.82) is 0 Å². The highest BCUT2D eigenvalue weighted by molar-refractivity contribution is 7.91. The van der Waals surface area contributed by atoms with Crippen molar-refractivity contribution in [2.75, 3.05) is 12.8 Å². The molecule has 1 atom stereocenters. The van der Waals surface area contributed by atoms with E-state index in [1.807, 2.05) is 0 Å². The first-order valence-electron chi connectivity index (χ1n) is 4.72. The second-order valence-corrected chi connectivity index (χ2v) is 5.58. The van der Waals surface area contributed by atoms with Gasteiger partial charge in [-0.1, -0.05) is 0 Å². The minimum absolute atomic E-state index is 0.158. The molecule has 0 saturated carbocycles. The standard InChI is InChI=1S/C10H13F2NO2S/c1-7(13-2)6-16(14,15)8-3-4-9(11)10(12)5-8/h3-5,7,13H,6H2,1-2H3. The molecule has 0 radical (unpaired) electrons. The number of hydrogen-bond donors (Lipinski definition) is 1. The average Bonchev–Trinajstić information content (AvgIpc) is 2.21. The van der Waals surface area contributed by atoms with Gasteiger partial charge in [0, 0.05) is 6.04 Å². The molecule has 0 aliphatic carbocycles. The second kappa shape index (κ2) is 4.88. The Morgan fingerprint density at radius 1 is 1.31 bits per heavy atom. The summed E-state index contributed by atoms with van der Waals surface area (Å²) in [7, 11) is -1.95. The molecule has 0 saturated heterocycles. The third kappa shape index (κ3) is 2.99. The molecule has 0 aliphatic heterocycles. The van der Waals surface area contributed by atoms with E-state index < -0.39 is 21.5 Å². The quantitative estimate of drug-likeness (QED) is 0.819. The SMILES string of the molecule is CNC(C)CS(=O)(=O)c1ccc(F)c(F)c1. The Hall–Kier alpha value is -1.01. The van der Waals surface area contributed by atoms with Crippen LogP contribution >= 0.6 is 0 Å². The first kappa shape index (κ1) is 13.1. The summed E-state index contributed by atoms with van der Waals surface area (Å²) >= 11 is 0. The van der Waals surface area contributed by atoms with E-state index in [0.717, 1.165) is 12.1 Å². The normalized spacial score (nSPS) is 13.8. The minimum atomic E-state index is -3.58. The third-order valence-corrected chi connectivity index (χ3v) is 4.12. The van der Waals surface area contributed by atoms with Crippen LogP contribution in [0.4, 0.5) is 8.78 Å². The number of halogens is 2. The van der Waals surface area contributed by atoms with E-state index >= 15 is 0 Å². The van der Waals surface area contributed by atoms with Crippen molar-refractivity contribution in [2.45, 2.75) is 17.9 Å². The summed E-state index contributed by atoms with van der Waals surface area (Å²) in [5, 5.41) is 2.77. The summed E-state index contributed by atoms with van der Waals surface area (Å²) in [5.74, 6) is -2.37. The minimum Gasteiger partial charge on any atom is -0.316 e. The van der Waals surface area contributed by atoms with Gasteiger partial charge in [0.2, 0.25) is 0 Å². The van der Waals surface area contributed by atoms with Gasteiger partial charge in [-0.3, -0.25) is 0 Å². The summed E-state index contributed by atoms with van der Waals surface area (Å²) in [6.45, 7) is 1.69. The van der Waals surface area contributed by atoms with E-state index in [1.54, 1.807) is 14.0 Å². The third-order valence-electron chi connectivity index (χ3n) is 2.21. The highest BCUT2D eigenvalue weighted by Gasteiger charge is 2.19. The van der Waals surface area contributed by atoms with E-state index in [2.05, 4.69) is 5.32 Å². The molecule has 16 heavy (non-hydrogen) atoms. The molecule has 0 aromatic heterocycles. The molecule has 1 unspecified atom stereocenters. The van der Waals surface area contributed by atoms with Crippen LogP contribution < -0.4 is 5.32 Å². The number of nitrogens with one attached hydrogen (secondary N) is 1. The fraction of sp³-hybridized carbons (Fsp3) is 0.400. The zero-order chi connectivity index (χ0) is 12.3. The Morgan fingerprint density at radius 3 is 2.44 bits per heavy atom. The largest absolute Gasteiger partial charge is 0.316 e. The zero-order valence-corrected chi connectivity index (χ0v) is 9.81. The van der Waals surface area contributed by atoms with Crippen LogP contribution in [0.5, 0.6) is 0 Å². The lowest BCUT2D eigenvalue weighted by atomic mass is 10.3. The Morgan fingerprint density at radius 2 is 1.94 bits per heavy atom. The maximum absolute atomic E-state index is 12.9. The molecule has 3 nitrogen and oxygen atoms in total. The van der Waals surface area contributed by atoms with Crippen molar-refractivity contribution >= 4 is 9.84 Å². The fourth-order valence-corrected chi connectivity index (χ4v) is 2.75. The highest BCUT2D eigenvalue weighted by atomic mass is 32.2. The summed E-state index contributed by atoms with van der Waals surface area (Å²) in [6.07, 6.45) is 0. The van der Waals surface area contributed by atoms with E-state index in [4.69, 9.17) is 0 Å². The van der Waals surface area contributed by atoms with E-state index in [9.17, 15) is 17.2 Å². The number of sulfone groups is 1. The van der Waals surface area contributed by atoms with E-state index in [0.29, 0.717) is 6.07 Å². The Bertz CT molecular complexity index is 474. The first-order chi connectivity index (χ1) is 7.36. The lowest BCUT2D eigenvalue weighted by Crippen LogP contribution is -2.30. The topological polar surface area (TPSA) is 46.2 Å². The molecule has 90 valence electrons. The van der Waals surface area contributed by atoms with Crippen molar-refractivity contribution in [3.63, 3.8) is 0 Å². The summed E-state index contributed by atoms with van der Waals surface area (Å²) in [5.41, 5.74) is 0. The Balaban J connectivity index is 3.03. The molecule has 1 N–H and O–H groups in total. The van der Waals surface area contributed by atoms with Crippen molar-refractivity contribution < 1.29 is 17.2 Å². The maximum atomic E-state index is 12.9. The van der Waals surface area contributed by atoms with Gasteiger partial charge in [0.15, 0.2) is 21.5 Å². The van der Waals surface area contributed by atoms with Gasteiger partial charge in [0.05, 0.1) is 10.6 Å². The second-order valence-electron chi connectivity index (χ2n) is 3.55. The van der Waals surface area contributed by atoms with Crippen LogP contribution in [0.2, 0.25) is 0 Å². The van der Waals surface area contributed by atoms with Crippen molar-refractivity contribution in [3.8, 4) is 0 Å². The molecule has 0 heterocycles. The summed E-state index contributed by atoms with van der Waals surface area (Å²) in [6, 6.07) is 2.33. The number of benzene rings is 1. The summed E-state index contributed by atoms with van der Waals surface area (Å²) in [4.78, 5) is -0.200. The number of rotatable bonds is 4. The monoisotopic (exact) mass is 249 g/mol. The van der Waals surface area contributed by atoms with Crippen LogP contribution in [0.25, 0.3) is 0 Å². The van der Waals surface area contributed by atoms with E-state index in [-0.39, 0.29) is 16.7 Å². The first-order valence-corrected chi connectivity index (χ1v) is 6.37. The van der Waals surface area contributed by atoms with Crippen LogP contribution in [0, 0.1) is 11.6 Å². The molecule has 6 heteroatoms. The van der Waals surface area contributed by atoms with Gasteiger partial charge in [-0.2, -0.15) is 0 Å². The lowest BCUT2D eigenvalue weighted by Gasteiger charge is -2.10. The van der Waals surface area contributed by atoms with Crippen molar-refractivity contribution in [1.82, 2.24) is 5.32 Å². The van der Waals surface area contributed by atoms with E-state index in [1.165, 1.54) is 0 Å². The molecule has 0 bridgehead atoms. The molecule has 1 rings (SSSR count).